The predicted octanol–water partition coefficient (Wildman–Crippen LogP) is 4.54. The lowest BCUT2D eigenvalue weighted by Crippen LogP contribution is -2.15. The monoisotopic (exact) mass is 356 g/mol. The van der Waals surface area contributed by atoms with Crippen LogP contribution in [0.2, 0.25) is 5.02 Å². The molecule has 0 aliphatic rings. The summed E-state index contributed by atoms with van der Waals surface area (Å²) in [5.41, 5.74) is 0.954. The number of carbonyl (C=O) groups is 1. The van der Waals surface area contributed by atoms with E-state index in [-0.39, 0.29) is 11.3 Å². The molecule has 0 radical (unpaired) electrons. The summed E-state index contributed by atoms with van der Waals surface area (Å²) >= 11 is 9.15. The number of hydrogen-bond donors (Lipinski definition) is 2. The van der Waals surface area contributed by atoms with Crippen LogP contribution in [0.5, 0.6) is 0 Å². The molecule has 0 aromatic heterocycles. The molecule has 0 saturated carbocycles. The number of anilines is 2. The van der Waals surface area contributed by atoms with Crippen molar-refractivity contribution in [2.45, 2.75) is 0 Å². The van der Waals surface area contributed by atoms with Gasteiger partial charge in [-0.15, -0.1) is 0 Å². The normalized spacial score (nSPS) is 10.2. The average Bonchev–Trinajstić information content (AvgIpc) is 2.41. The third-order valence-corrected chi connectivity index (χ3v) is 3.58. The van der Waals surface area contributed by atoms with Crippen molar-refractivity contribution in [1.82, 2.24) is 0 Å². The number of hydrogen-bond acceptors (Lipinski definition) is 2. The van der Waals surface area contributed by atoms with Gasteiger partial charge in [-0.3, -0.25) is 4.79 Å². The van der Waals surface area contributed by atoms with Gasteiger partial charge in [-0.1, -0.05) is 17.7 Å². The number of amides is 1. The molecule has 0 aliphatic heterocycles. The Labute approximate surface area is 129 Å². The Hall–Kier alpha value is -1.59. The van der Waals surface area contributed by atoms with Crippen molar-refractivity contribution in [3.63, 3.8) is 0 Å². The van der Waals surface area contributed by atoms with Gasteiger partial charge in [0.25, 0.3) is 5.91 Å². The van der Waals surface area contributed by atoms with Crippen LogP contribution in [0.3, 0.4) is 0 Å². The number of halogens is 3. The molecular weight excluding hydrogens is 347 g/mol. The first-order chi connectivity index (χ1) is 9.52. The zero-order valence-corrected chi connectivity index (χ0v) is 12.8. The molecule has 2 aromatic carbocycles. The van der Waals surface area contributed by atoms with E-state index in [0.29, 0.717) is 15.2 Å². The molecule has 20 heavy (non-hydrogen) atoms. The third-order valence-electron chi connectivity index (χ3n) is 2.69. The van der Waals surface area contributed by atoms with Gasteiger partial charge in [0.15, 0.2) is 0 Å². The number of para-hydroxylation sites is 1. The maximum Gasteiger partial charge on any atom is 0.257 e. The maximum absolute atomic E-state index is 13.6. The van der Waals surface area contributed by atoms with Gasteiger partial charge in [0, 0.05) is 16.5 Å². The van der Waals surface area contributed by atoms with E-state index in [1.807, 2.05) is 0 Å². The highest BCUT2D eigenvalue weighted by atomic mass is 79.9. The second-order valence-corrected chi connectivity index (χ2v) is 5.28. The van der Waals surface area contributed by atoms with Gasteiger partial charge in [-0.05, 0) is 46.3 Å². The summed E-state index contributed by atoms with van der Waals surface area (Å²) in [6.45, 7) is 0. The van der Waals surface area contributed by atoms with Crippen LogP contribution in [0.15, 0.2) is 40.9 Å². The van der Waals surface area contributed by atoms with Crippen LogP contribution >= 0.6 is 27.5 Å². The quantitative estimate of drug-likeness (QED) is 0.847. The first-order valence-corrected chi connectivity index (χ1v) is 6.92. The molecule has 1 amide bonds. The van der Waals surface area contributed by atoms with Crippen LogP contribution in [0.4, 0.5) is 15.8 Å². The standard InChI is InChI=1S/C14H11BrClFN2O/c1-18-13-9(3-2-4-11(13)17)14(20)19-12-6-5-8(16)7-10(12)15/h2-7,18H,1H3,(H,19,20). The summed E-state index contributed by atoms with van der Waals surface area (Å²) in [6, 6.07) is 9.33. The topological polar surface area (TPSA) is 41.1 Å². The Balaban J connectivity index is 2.31. The molecule has 0 spiro atoms. The Kier molecular flexibility index (Phi) is 4.62. The fourth-order valence-electron chi connectivity index (χ4n) is 1.75. The molecule has 0 aliphatic carbocycles. The van der Waals surface area contributed by atoms with Crippen LogP contribution in [-0.4, -0.2) is 13.0 Å². The van der Waals surface area contributed by atoms with Gasteiger partial charge in [0.05, 0.1) is 16.9 Å². The zero-order chi connectivity index (χ0) is 14.7. The van der Waals surface area contributed by atoms with Crippen molar-refractivity contribution in [3.8, 4) is 0 Å². The highest BCUT2D eigenvalue weighted by Crippen LogP contribution is 2.27. The average molecular weight is 358 g/mol. The smallest absolute Gasteiger partial charge is 0.257 e. The minimum atomic E-state index is -0.477. The van der Waals surface area contributed by atoms with Crippen LogP contribution in [0.1, 0.15) is 10.4 Å². The molecule has 3 nitrogen and oxygen atoms in total. The predicted molar refractivity (Wildman–Crippen MR) is 83.1 cm³/mol. The van der Waals surface area contributed by atoms with Crippen LogP contribution in [0, 0.1) is 5.82 Å². The summed E-state index contributed by atoms with van der Waals surface area (Å²) in [5, 5.41) is 5.94. The van der Waals surface area contributed by atoms with Gasteiger partial charge >= 0.3 is 0 Å². The Morgan fingerprint density at radius 1 is 1.30 bits per heavy atom. The van der Waals surface area contributed by atoms with E-state index in [0.717, 1.165) is 0 Å². The summed E-state index contributed by atoms with van der Waals surface area (Å²) in [4.78, 5) is 12.2. The molecule has 2 aromatic rings. The van der Waals surface area contributed by atoms with Crippen molar-refractivity contribution in [2.75, 3.05) is 17.7 Å². The number of rotatable bonds is 3. The molecule has 2 N–H and O–H groups in total. The number of nitrogens with one attached hydrogen (secondary N) is 2. The highest BCUT2D eigenvalue weighted by molar-refractivity contribution is 9.10. The lowest BCUT2D eigenvalue weighted by atomic mass is 10.1. The SMILES string of the molecule is CNc1c(F)cccc1C(=O)Nc1ccc(Cl)cc1Br. The van der Waals surface area contributed by atoms with Gasteiger partial charge in [-0.25, -0.2) is 4.39 Å². The zero-order valence-electron chi connectivity index (χ0n) is 10.5. The second-order valence-electron chi connectivity index (χ2n) is 3.99. The molecule has 0 saturated heterocycles. The lowest BCUT2D eigenvalue weighted by Gasteiger charge is -2.11. The highest BCUT2D eigenvalue weighted by Gasteiger charge is 2.15. The number of carbonyl (C=O) groups excluding carboxylic acids is 1. The van der Waals surface area contributed by atoms with Crippen molar-refractivity contribution < 1.29 is 9.18 Å². The molecular formula is C14H11BrClFN2O. The van der Waals surface area contributed by atoms with E-state index in [4.69, 9.17) is 11.6 Å². The Morgan fingerprint density at radius 3 is 2.70 bits per heavy atom. The molecule has 104 valence electrons. The fraction of sp³-hybridized carbons (Fsp3) is 0.0714. The van der Waals surface area contributed by atoms with E-state index in [1.165, 1.54) is 12.1 Å². The molecule has 0 atom stereocenters. The summed E-state index contributed by atoms with van der Waals surface area (Å²) < 4.78 is 14.3. The third kappa shape index (κ3) is 3.11. The molecule has 0 bridgehead atoms. The minimum absolute atomic E-state index is 0.162. The summed E-state index contributed by atoms with van der Waals surface area (Å²) in [6.07, 6.45) is 0. The van der Waals surface area contributed by atoms with Crippen molar-refractivity contribution >= 4 is 44.8 Å². The van der Waals surface area contributed by atoms with Gasteiger partial charge in [-0.2, -0.15) is 0 Å². The summed E-state index contributed by atoms with van der Waals surface area (Å²) in [5.74, 6) is -0.882. The molecule has 0 fully saturated rings. The Bertz CT molecular complexity index is 664. The van der Waals surface area contributed by atoms with E-state index >= 15 is 0 Å². The van der Waals surface area contributed by atoms with Crippen molar-refractivity contribution in [2.24, 2.45) is 0 Å². The first-order valence-electron chi connectivity index (χ1n) is 5.75. The van der Waals surface area contributed by atoms with E-state index < -0.39 is 11.7 Å². The minimum Gasteiger partial charge on any atom is -0.385 e. The Morgan fingerprint density at radius 2 is 2.05 bits per heavy atom. The van der Waals surface area contributed by atoms with E-state index in [9.17, 15) is 9.18 Å². The summed E-state index contributed by atoms with van der Waals surface area (Å²) in [7, 11) is 1.56. The van der Waals surface area contributed by atoms with Crippen molar-refractivity contribution in [3.05, 3.63) is 57.3 Å². The van der Waals surface area contributed by atoms with Gasteiger partial charge in [0.2, 0.25) is 0 Å². The van der Waals surface area contributed by atoms with E-state index in [1.54, 1.807) is 31.3 Å². The maximum atomic E-state index is 13.6. The van der Waals surface area contributed by atoms with Crippen LogP contribution in [0.25, 0.3) is 0 Å². The van der Waals surface area contributed by atoms with E-state index in [2.05, 4.69) is 26.6 Å². The lowest BCUT2D eigenvalue weighted by molar-refractivity contribution is 0.102. The van der Waals surface area contributed by atoms with Gasteiger partial charge < -0.3 is 10.6 Å². The van der Waals surface area contributed by atoms with Crippen LogP contribution in [-0.2, 0) is 0 Å². The molecule has 0 heterocycles. The van der Waals surface area contributed by atoms with Gasteiger partial charge in [0.1, 0.15) is 5.82 Å². The fourth-order valence-corrected chi connectivity index (χ4v) is 2.53. The second kappa shape index (κ2) is 6.24. The largest absolute Gasteiger partial charge is 0.385 e. The first kappa shape index (κ1) is 14.8. The van der Waals surface area contributed by atoms with Crippen LogP contribution < -0.4 is 10.6 Å². The van der Waals surface area contributed by atoms with Crippen molar-refractivity contribution in [1.29, 1.82) is 0 Å². The molecule has 2 rings (SSSR count). The molecule has 6 heteroatoms. The number of benzene rings is 2. The molecule has 0 unspecified atom stereocenters.